The minimum absolute atomic E-state index is 0.0294. The topological polar surface area (TPSA) is 79.4 Å². The molecule has 0 unspecified atom stereocenters. The summed E-state index contributed by atoms with van der Waals surface area (Å²) in [7, 11) is 1.64. The maximum atomic E-state index is 13.4. The fraction of sp³-hybridized carbons (Fsp3) is 0.632. The smallest absolute Gasteiger partial charge is 0.248 e. The van der Waals surface area contributed by atoms with E-state index in [1.54, 1.807) is 33.5 Å². The second-order valence-corrected chi connectivity index (χ2v) is 9.34. The van der Waals surface area contributed by atoms with Crippen LogP contribution in [0.3, 0.4) is 0 Å². The molecule has 2 aliphatic heterocycles. The summed E-state index contributed by atoms with van der Waals surface area (Å²) in [5, 5.41) is 0. The van der Waals surface area contributed by atoms with E-state index in [9.17, 15) is 13.2 Å². The van der Waals surface area contributed by atoms with E-state index in [4.69, 9.17) is 9.47 Å². The number of likely N-dealkylation sites (tertiary alicyclic amines) is 1. The Morgan fingerprint density at radius 1 is 1.25 bits per heavy atom. The third-order valence-corrected chi connectivity index (χ3v) is 7.24. The number of hydrogen-bond donors (Lipinski definition) is 0. The number of fused-ring (bicyclic) bond motifs is 2. The van der Waals surface area contributed by atoms with E-state index >= 15 is 0 Å². The minimum atomic E-state index is -3.70. The molecule has 1 aromatic rings. The number of hydrogen-bond acceptors (Lipinski definition) is 6. The number of methoxy groups -OCH3 is 1. The van der Waals surface area contributed by atoms with Crippen molar-refractivity contribution in [1.82, 2.24) is 14.1 Å². The van der Waals surface area contributed by atoms with Gasteiger partial charge in [-0.25, -0.2) is 8.42 Å². The van der Waals surface area contributed by atoms with Gasteiger partial charge in [0.25, 0.3) is 0 Å². The Morgan fingerprint density at radius 2 is 1.96 bits per heavy atom. The zero-order valence-electron chi connectivity index (χ0n) is 16.7. The molecule has 3 rings (SSSR count). The highest BCUT2D eigenvalue weighted by Crippen LogP contribution is 2.36. The zero-order valence-corrected chi connectivity index (χ0v) is 17.5. The number of carbonyl (C=O) groups is 1. The Hall–Kier alpha value is -1.68. The summed E-state index contributed by atoms with van der Waals surface area (Å²) in [4.78, 5) is 16.2. The molecule has 8 nitrogen and oxygen atoms in total. The summed E-state index contributed by atoms with van der Waals surface area (Å²) in [6, 6.07) is 6.49. The molecule has 0 saturated carbocycles. The lowest BCUT2D eigenvalue weighted by molar-refractivity contribution is -0.135. The number of sulfonamides is 1. The first-order chi connectivity index (χ1) is 13.3. The van der Waals surface area contributed by atoms with Gasteiger partial charge in [-0.3, -0.25) is 4.79 Å². The van der Waals surface area contributed by atoms with Gasteiger partial charge in [0.1, 0.15) is 23.4 Å². The fourth-order valence-electron chi connectivity index (χ4n) is 3.81. The van der Waals surface area contributed by atoms with E-state index in [1.807, 2.05) is 19.0 Å². The van der Waals surface area contributed by atoms with Crippen molar-refractivity contribution in [2.45, 2.75) is 29.9 Å². The van der Waals surface area contributed by atoms with Crippen molar-refractivity contribution in [1.29, 1.82) is 0 Å². The standard InChI is InChI=1S/C19H29N3O5S/c1-20(2)12-13-22-15-8-10-21(19(23)14-26-3)11-9-16(15)27-17-6-4-5-7-18(17)28(22,24)25/h4-7,15-16H,8-14H2,1-3H3/t15-,16-/m1/s1. The van der Waals surface area contributed by atoms with E-state index in [0.717, 1.165) is 0 Å². The third kappa shape index (κ3) is 4.32. The molecule has 0 aliphatic carbocycles. The summed E-state index contributed by atoms with van der Waals surface area (Å²) in [5.74, 6) is 0.309. The SMILES string of the molecule is COCC(=O)N1CC[C@@H]2[C@@H](CC1)Oc1ccccc1S(=O)(=O)N2CCN(C)C. The van der Waals surface area contributed by atoms with Crippen LogP contribution in [0.2, 0.25) is 0 Å². The van der Waals surface area contributed by atoms with Crippen LogP contribution in [0.1, 0.15) is 12.8 Å². The molecule has 0 radical (unpaired) electrons. The van der Waals surface area contributed by atoms with Crippen LogP contribution in [-0.2, 0) is 19.6 Å². The highest BCUT2D eigenvalue weighted by Gasteiger charge is 2.43. The molecule has 1 saturated heterocycles. The van der Waals surface area contributed by atoms with Gasteiger partial charge in [0.15, 0.2) is 0 Å². The first-order valence-electron chi connectivity index (χ1n) is 9.53. The van der Waals surface area contributed by atoms with Gasteiger partial charge >= 0.3 is 0 Å². The van der Waals surface area contributed by atoms with Gasteiger partial charge in [0, 0.05) is 39.7 Å². The molecular formula is C19H29N3O5S. The average Bonchev–Trinajstić information content (AvgIpc) is 2.89. The zero-order chi connectivity index (χ0) is 20.3. The normalized spacial score (nSPS) is 24.6. The van der Waals surface area contributed by atoms with Crippen LogP contribution in [-0.4, -0.2) is 94.6 Å². The number of ether oxygens (including phenoxy) is 2. The van der Waals surface area contributed by atoms with Crippen molar-refractivity contribution in [3.05, 3.63) is 24.3 Å². The van der Waals surface area contributed by atoms with Crippen LogP contribution < -0.4 is 4.74 Å². The Kier molecular flexibility index (Phi) is 6.59. The van der Waals surface area contributed by atoms with Gasteiger partial charge in [0.05, 0.1) is 6.04 Å². The number of nitrogens with zero attached hydrogens (tertiary/aromatic N) is 3. The Bertz CT molecular complexity index is 799. The molecule has 0 spiro atoms. The van der Waals surface area contributed by atoms with Crippen LogP contribution in [0.4, 0.5) is 0 Å². The van der Waals surface area contributed by atoms with Crippen molar-refractivity contribution >= 4 is 15.9 Å². The molecular weight excluding hydrogens is 382 g/mol. The van der Waals surface area contributed by atoms with Gasteiger partial charge in [-0.2, -0.15) is 4.31 Å². The second-order valence-electron chi connectivity index (χ2n) is 7.48. The summed E-state index contributed by atoms with van der Waals surface area (Å²) in [6.45, 7) is 2.02. The number of para-hydroxylation sites is 1. The maximum Gasteiger partial charge on any atom is 0.248 e. The first-order valence-corrected chi connectivity index (χ1v) is 11.0. The van der Waals surface area contributed by atoms with Crippen molar-refractivity contribution < 1.29 is 22.7 Å². The van der Waals surface area contributed by atoms with Gasteiger partial charge in [-0.05, 0) is 32.6 Å². The molecule has 2 atom stereocenters. The molecule has 1 aromatic carbocycles. The second kappa shape index (κ2) is 8.77. The predicted octanol–water partition coefficient (Wildman–Crippen LogP) is 0.637. The molecule has 1 amide bonds. The van der Waals surface area contributed by atoms with Crippen molar-refractivity contribution in [3.8, 4) is 5.75 Å². The molecule has 0 N–H and O–H groups in total. The monoisotopic (exact) mass is 411 g/mol. The fourth-order valence-corrected chi connectivity index (χ4v) is 5.60. The lowest BCUT2D eigenvalue weighted by Crippen LogP contribution is -2.49. The quantitative estimate of drug-likeness (QED) is 0.707. The summed E-state index contributed by atoms with van der Waals surface area (Å²) >= 11 is 0. The average molecular weight is 412 g/mol. The number of likely N-dealkylation sites (N-methyl/N-ethyl adjacent to an activating group) is 1. The van der Waals surface area contributed by atoms with Gasteiger partial charge in [0.2, 0.25) is 15.9 Å². The molecule has 2 heterocycles. The number of amides is 1. The molecule has 2 aliphatic rings. The molecule has 28 heavy (non-hydrogen) atoms. The van der Waals surface area contributed by atoms with Crippen LogP contribution in [0, 0.1) is 0 Å². The molecule has 0 aromatic heterocycles. The first kappa shape index (κ1) is 21.0. The molecule has 1 fully saturated rings. The van der Waals surface area contributed by atoms with Gasteiger partial charge in [-0.1, -0.05) is 12.1 Å². The highest BCUT2D eigenvalue weighted by atomic mass is 32.2. The number of rotatable bonds is 5. The lowest BCUT2D eigenvalue weighted by Gasteiger charge is -2.32. The van der Waals surface area contributed by atoms with E-state index in [-0.39, 0.29) is 29.6 Å². The van der Waals surface area contributed by atoms with Crippen LogP contribution in [0.15, 0.2) is 29.2 Å². The molecule has 0 bridgehead atoms. The van der Waals surface area contributed by atoms with Crippen LogP contribution >= 0.6 is 0 Å². The van der Waals surface area contributed by atoms with Crippen molar-refractivity contribution in [2.24, 2.45) is 0 Å². The molecule has 9 heteroatoms. The van der Waals surface area contributed by atoms with Crippen molar-refractivity contribution in [2.75, 3.05) is 54.0 Å². The minimum Gasteiger partial charge on any atom is -0.487 e. The van der Waals surface area contributed by atoms with E-state index in [1.165, 1.54) is 7.11 Å². The summed E-state index contributed by atoms with van der Waals surface area (Å²) < 4.78 is 39.6. The largest absolute Gasteiger partial charge is 0.487 e. The van der Waals surface area contributed by atoms with Gasteiger partial charge < -0.3 is 19.3 Å². The number of carbonyl (C=O) groups excluding carboxylic acids is 1. The maximum absolute atomic E-state index is 13.4. The Labute approximate surface area is 167 Å². The summed E-state index contributed by atoms with van der Waals surface area (Å²) in [5.41, 5.74) is 0. The highest BCUT2D eigenvalue weighted by molar-refractivity contribution is 7.89. The van der Waals surface area contributed by atoms with Crippen molar-refractivity contribution in [3.63, 3.8) is 0 Å². The Morgan fingerprint density at radius 3 is 2.68 bits per heavy atom. The number of benzene rings is 1. The third-order valence-electron chi connectivity index (χ3n) is 5.28. The van der Waals surface area contributed by atoms with Crippen LogP contribution in [0.25, 0.3) is 0 Å². The van der Waals surface area contributed by atoms with E-state index < -0.39 is 10.0 Å². The molecule has 156 valence electrons. The van der Waals surface area contributed by atoms with Gasteiger partial charge in [-0.15, -0.1) is 0 Å². The van der Waals surface area contributed by atoms with E-state index in [2.05, 4.69) is 0 Å². The predicted molar refractivity (Wildman–Crippen MR) is 105 cm³/mol. The lowest BCUT2D eigenvalue weighted by atomic mass is 10.1. The van der Waals surface area contributed by atoms with E-state index in [0.29, 0.717) is 44.8 Å². The van der Waals surface area contributed by atoms with Crippen LogP contribution in [0.5, 0.6) is 5.75 Å². The summed E-state index contributed by atoms with van der Waals surface area (Å²) in [6.07, 6.45) is 0.796. The Balaban J connectivity index is 1.95.